The summed E-state index contributed by atoms with van der Waals surface area (Å²) in [5, 5.41) is 4.55. The largest absolute Gasteiger partial charge is 0.497 e. The first-order chi connectivity index (χ1) is 23.1. The number of rotatable bonds is 12. The Hall–Kier alpha value is -5.64. The third kappa shape index (κ3) is 8.58. The number of hydrogen-bond acceptors (Lipinski definition) is 4. The predicted molar refractivity (Wildman–Crippen MR) is 178 cm³/mol. The van der Waals surface area contributed by atoms with Gasteiger partial charge in [0.1, 0.15) is 29.2 Å². The molecule has 0 saturated heterocycles. The maximum atomic E-state index is 14.1. The second kappa shape index (κ2) is 15.3. The van der Waals surface area contributed by atoms with E-state index >= 15 is 0 Å². The lowest BCUT2D eigenvalue weighted by molar-refractivity contribution is -0.136. The second-order valence-corrected chi connectivity index (χ2v) is 11.4. The fraction of sp³-hybridized carbons (Fsp3) is 0.184. The summed E-state index contributed by atoms with van der Waals surface area (Å²) in [4.78, 5) is 43.9. The van der Waals surface area contributed by atoms with E-state index in [4.69, 9.17) is 4.74 Å². The third-order valence-corrected chi connectivity index (χ3v) is 7.98. The van der Waals surface area contributed by atoms with Crippen LogP contribution in [-0.2, 0) is 33.8 Å². The SMILES string of the molecule is COc1ccc(N(C)C(=O)[C@H](Cc2cc(F)cc(F)c2)NC(=O)CN(Cc2ccc(F)cc2)C(=O)Cc2cccc3ccccc23)cc1. The zero-order chi connectivity index (χ0) is 34.2. The standard InChI is InChI=1S/C38H34F3N3O4/c1-43(32-14-16-33(48-2)17-15-32)38(47)35(20-26-18-30(40)22-31(41)19-26)42-36(45)24-44(23-25-10-12-29(39)13-11-25)37(46)21-28-8-5-7-27-6-3-4-9-34(27)28/h3-19,22,35H,20-21,23-24H2,1-2H3,(H,42,45)/t35-/m0/s1. The summed E-state index contributed by atoms with van der Waals surface area (Å²) >= 11 is 0. The Balaban J connectivity index is 1.40. The van der Waals surface area contributed by atoms with E-state index in [9.17, 15) is 27.6 Å². The fourth-order valence-corrected chi connectivity index (χ4v) is 5.51. The van der Waals surface area contributed by atoms with Crippen molar-refractivity contribution < 1.29 is 32.3 Å². The van der Waals surface area contributed by atoms with Gasteiger partial charge in [0.25, 0.3) is 0 Å². The molecule has 1 atom stereocenters. The molecule has 0 radical (unpaired) electrons. The van der Waals surface area contributed by atoms with Gasteiger partial charge in [-0.1, -0.05) is 54.6 Å². The Morgan fingerprint density at radius 2 is 1.44 bits per heavy atom. The van der Waals surface area contributed by atoms with Crippen LogP contribution in [0.1, 0.15) is 16.7 Å². The molecule has 5 rings (SSSR count). The number of carbonyl (C=O) groups excluding carboxylic acids is 3. The van der Waals surface area contributed by atoms with Gasteiger partial charge in [0.2, 0.25) is 17.7 Å². The highest BCUT2D eigenvalue weighted by atomic mass is 19.1. The van der Waals surface area contributed by atoms with Gasteiger partial charge in [-0.05, 0) is 76.0 Å². The normalized spacial score (nSPS) is 11.5. The topological polar surface area (TPSA) is 79.0 Å². The number of methoxy groups -OCH3 is 1. The van der Waals surface area contributed by atoms with E-state index in [1.165, 1.54) is 48.2 Å². The van der Waals surface area contributed by atoms with Crippen LogP contribution >= 0.6 is 0 Å². The van der Waals surface area contributed by atoms with Gasteiger partial charge in [-0.15, -0.1) is 0 Å². The van der Waals surface area contributed by atoms with Crippen LogP contribution in [0.25, 0.3) is 10.8 Å². The van der Waals surface area contributed by atoms with Crippen molar-refractivity contribution in [3.63, 3.8) is 0 Å². The second-order valence-electron chi connectivity index (χ2n) is 11.4. The highest BCUT2D eigenvalue weighted by molar-refractivity contribution is 5.99. The van der Waals surface area contributed by atoms with Crippen molar-refractivity contribution in [3.8, 4) is 5.75 Å². The Bertz CT molecular complexity index is 1890. The number of hydrogen-bond donors (Lipinski definition) is 1. The lowest BCUT2D eigenvalue weighted by Crippen LogP contribution is -2.51. The molecular formula is C38H34F3N3O4. The van der Waals surface area contributed by atoms with Gasteiger partial charge >= 0.3 is 0 Å². The molecule has 1 N–H and O–H groups in total. The zero-order valence-electron chi connectivity index (χ0n) is 26.5. The van der Waals surface area contributed by atoms with E-state index < -0.39 is 41.9 Å². The minimum absolute atomic E-state index is 0.00320. The number of amides is 3. The highest BCUT2D eigenvalue weighted by Gasteiger charge is 2.28. The van der Waals surface area contributed by atoms with Crippen molar-refractivity contribution in [1.82, 2.24) is 10.2 Å². The van der Waals surface area contributed by atoms with Crippen LogP contribution in [0.3, 0.4) is 0 Å². The van der Waals surface area contributed by atoms with Crippen molar-refractivity contribution in [3.05, 3.63) is 143 Å². The quantitative estimate of drug-likeness (QED) is 0.173. The van der Waals surface area contributed by atoms with E-state index in [-0.39, 0.29) is 30.9 Å². The molecule has 3 amide bonds. The molecule has 0 heterocycles. The van der Waals surface area contributed by atoms with E-state index in [0.29, 0.717) is 17.0 Å². The van der Waals surface area contributed by atoms with Crippen molar-refractivity contribution in [2.45, 2.75) is 25.4 Å². The monoisotopic (exact) mass is 653 g/mol. The Morgan fingerprint density at radius 3 is 2.12 bits per heavy atom. The lowest BCUT2D eigenvalue weighted by Gasteiger charge is -2.27. The first kappa shape index (κ1) is 33.7. The summed E-state index contributed by atoms with van der Waals surface area (Å²) in [5.74, 6) is -3.09. The van der Waals surface area contributed by atoms with Crippen molar-refractivity contribution in [2.24, 2.45) is 0 Å². The molecule has 10 heteroatoms. The number of carbonyl (C=O) groups is 3. The van der Waals surface area contributed by atoms with Gasteiger partial charge in [0.05, 0.1) is 20.1 Å². The first-order valence-electron chi connectivity index (χ1n) is 15.2. The number of fused-ring (bicyclic) bond motifs is 1. The van der Waals surface area contributed by atoms with Crippen LogP contribution in [-0.4, -0.2) is 49.4 Å². The zero-order valence-corrected chi connectivity index (χ0v) is 26.5. The molecule has 0 aromatic heterocycles. The molecule has 0 fully saturated rings. The minimum Gasteiger partial charge on any atom is -0.497 e. The van der Waals surface area contributed by atoms with Crippen molar-refractivity contribution in [1.29, 1.82) is 0 Å². The molecule has 0 saturated carbocycles. The summed E-state index contributed by atoms with van der Waals surface area (Å²) in [6.45, 7) is -0.439. The number of anilines is 1. The molecule has 7 nitrogen and oxygen atoms in total. The van der Waals surface area contributed by atoms with E-state index in [1.54, 1.807) is 24.3 Å². The van der Waals surface area contributed by atoms with Gasteiger partial charge in [0, 0.05) is 31.8 Å². The number of benzene rings is 5. The number of ether oxygens (including phenoxy) is 1. The maximum absolute atomic E-state index is 14.1. The molecular weight excluding hydrogens is 619 g/mol. The number of likely N-dealkylation sites (N-methyl/N-ethyl adjacent to an activating group) is 1. The van der Waals surface area contributed by atoms with Gasteiger partial charge in [-0.2, -0.15) is 0 Å². The van der Waals surface area contributed by atoms with Gasteiger partial charge < -0.3 is 19.9 Å². The molecule has 5 aromatic carbocycles. The molecule has 0 bridgehead atoms. The van der Waals surface area contributed by atoms with Crippen LogP contribution in [0.5, 0.6) is 5.75 Å². The van der Waals surface area contributed by atoms with Gasteiger partial charge in [0.15, 0.2) is 0 Å². The summed E-state index contributed by atoms with van der Waals surface area (Å²) < 4.78 is 47.1. The van der Waals surface area contributed by atoms with Crippen LogP contribution < -0.4 is 15.0 Å². The average molecular weight is 654 g/mol. The Labute approximate surface area is 276 Å². The van der Waals surface area contributed by atoms with Gasteiger partial charge in [-0.3, -0.25) is 14.4 Å². The first-order valence-corrected chi connectivity index (χ1v) is 15.2. The van der Waals surface area contributed by atoms with E-state index in [1.807, 2.05) is 42.5 Å². The number of halogens is 3. The summed E-state index contributed by atoms with van der Waals surface area (Å²) in [5.41, 5.74) is 2.01. The molecule has 5 aromatic rings. The third-order valence-electron chi connectivity index (χ3n) is 7.98. The Morgan fingerprint density at radius 1 is 0.771 bits per heavy atom. The summed E-state index contributed by atoms with van der Waals surface area (Å²) in [6, 6.07) is 27.2. The number of nitrogens with one attached hydrogen (secondary N) is 1. The average Bonchev–Trinajstić information content (AvgIpc) is 3.07. The molecule has 48 heavy (non-hydrogen) atoms. The lowest BCUT2D eigenvalue weighted by atomic mass is 10.0. The Kier molecular flexibility index (Phi) is 10.7. The van der Waals surface area contributed by atoms with E-state index in [0.717, 1.165) is 34.5 Å². The molecule has 0 aliphatic heterocycles. The fourth-order valence-electron chi connectivity index (χ4n) is 5.51. The van der Waals surface area contributed by atoms with Crippen molar-refractivity contribution >= 4 is 34.2 Å². The van der Waals surface area contributed by atoms with Crippen LogP contribution in [0, 0.1) is 17.5 Å². The molecule has 0 aliphatic carbocycles. The summed E-state index contributed by atoms with van der Waals surface area (Å²) in [7, 11) is 3.03. The van der Waals surface area contributed by atoms with Crippen molar-refractivity contribution in [2.75, 3.05) is 25.6 Å². The predicted octanol–water partition coefficient (Wildman–Crippen LogP) is 6.23. The molecule has 246 valence electrons. The number of nitrogens with zero attached hydrogens (tertiary/aromatic N) is 2. The molecule has 0 spiro atoms. The molecule has 0 unspecified atom stereocenters. The van der Waals surface area contributed by atoms with Crippen LogP contribution in [0.15, 0.2) is 109 Å². The maximum Gasteiger partial charge on any atom is 0.249 e. The van der Waals surface area contributed by atoms with Crippen LogP contribution in [0.4, 0.5) is 18.9 Å². The smallest absolute Gasteiger partial charge is 0.249 e. The van der Waals surface area contributed by atoms with E-state index in [2.05, 4.69) is 5.32 Å². The van der Waals surface area contributed by atoms with Crippen LogP contribution in [0.2, 0.25) is 0 Å². The van der Waals surface area contributed by atoms with Gasteiger partial charge in [-0.25, -0.2) is 13.2 Å². The molecule has 0 aliphatic rings. The minimum atomic E-state index is -1.24. The summed E-state index contributed by atoms with van der Waals surface area (Å²) in [6.07, 6.45) is -0.234. The highest BCUT2D eigenvalue weighted by Crippen LogP contribution is 2.22.